The Labute approximate surface area is 127 Å². The van der Waals surface area contributed by atoms with Crippen molar-refractivity contribution in [3.63, 3.8) is 0 Å². The van der Waals surface area contributed by atoms with Gasteiger partial charge < -0.3 is 10.4 Å². The Morgan fingerprint density at radius 1 is 1.10 bits per heavy atom. The lowest BCUT2D eigenvalue weighted by atomic mass is 9.40. The predicted molar refractivity (Wildman–Crippen MR) is 81.6 cm³/mol. The van der Waals surface area contributed by atoms with Crippen molar-refractivity contribution in [1.82, 2.24) is 5.32 Å². The van der Waals surface area contributed by atoms with E-state index in [0.29, 0.717) is 22.7 Å². The zero-order chi connectivity index (χ0) is 14.9. The van der Waals surface area contributed by atoms with E-state index < -0.39 is 0 Å². The van der Waals surface area contributed by atoms with Crippen molar-refractivity contribution in [2.75, 3.05) is 6.54 Å². The molecule has 4 bridgehead atoms. The van der Waals surface area contributed by atoms with Gasteiger partial charge in [-0.15, -0.1) is 0 Å². The molecule has 3 heteroatoms. The molecule has 0 spiro atoms. The molecule has 118 valence electrons. The molecule has 21 heavy (non-hydrogen) atoms. The Hall–Kier alpha value is -0.570. The summed E-state index contributed by atoms with van der Waals surface area (Å²) >= 11 is 0. The van der Waals surface area contributed by atoms with Gasteiger partial charge in [-0.05, 0) is 74.0 Å². The molecule has 5 saturated carbocycles. The average molecular weight is 291 g/mol. The van der Waals surface area contributed by atoms with E-state index >= 15 is 0 Å². The highest BCUT2D eigenvalue weighted by molar-refractivity contribution is 5.83. The van der Waals surface area contributed by atoms with E-state index in [1.807, 2.05) is 0 Å². The van der Waals surface area contributed by atoms with Gasteiger partial charge in [-0.3, -0.25) is 4.79 Å². The minimum absolute atomic E-state index is 0.0781. The van der Waals surface area contributed by atoms with Crippen molar-refractivity contribution in [3.05, 3.63) is 0 Å². The fraction of sp³-hybridized carbons (Fsp3) is 0.944. The van der Waals surface area contributed by atoms with Gasteiger partial charge in [0.1, 0.15) is 0 Å². The summed E-state index contributed by atoms with van der Waals surface area (Å²) in [6, 6.07) is 0. The van der Waals surface area contributed by atoms with Gasteiger partial charge in [0.05, 0.1) is 11.5 Å². The smallest absolute Gasteiger partial charge is 0.226 e. The zero-order valence-corrected chi connectivity index (χ0v) is 13.5. The predicted octanol–water partition coefficient (Wildman–Crippen LogP) is 2.87. The molecule has 1 amide bonds. The largest absolute Gasteiger partial charge is 0.393 e. The Morgan fingerprint density at radius 3 is 2.24 bits per heavy atom. The van der Waals surface area contributed by atoms with Crippen LogP contribution < -0.4 is 5.32 Å². The van der Waals surface area contributed by atoms with Crippen molar-refractivity contribution in [1.29, 1.82) is 0 Å². The quantitative estimate of drug-likeness (QED) is 0.840. The highest BCUT2D eigenvalue weighted by Crippen LogP contribution is 2.69. The average Bonchev–Trinajstić information content (AvgIpc) is 2.28. The highest BCUT2D eigenvalue weighted by atomic mass is 16.3. The number of rotatable bonds is 3. The van der Waals surface area contributed by atoms with E-state index in [1.165, 1.54) is 19.3 Å². The second kappa shape index (κ2) is 4.24. The molecule has 0 aromatic rings. The van der Waals surface area contributed by atoms with Crippen LogP contribution >= 0.6 is 0 Å². The number of nitrogens with one attached hydrogen (secondary N) is 1. The van der Waals surface area contributed by atoms with Gasteiger partial charge in [0.15, 0.2) is 0 Å². The first-order valence-corrected chi connectivity index (χ1v) is 8.76. The third-order valence-corrected chi connectivity index (χ3v) is 6.87. The number of amides is 1. The molecule has 0 heterocycles. The summed E-state index contributed by atoms with van der Waals surface area (Å²) in [6.07, 6.45) is 8.94. The van der Waals surface area contributed by atoms with Gasteiger partial charge in [-0.2, -0.15) is 0 Å². The molecule has 2 N–H and O–H groups in total. The number of hydrogen-bond acceptors (Lipinski definition) is 2. The molecule has 0 aromatic heterocycles. The fourth-order valence-corrected chi connectivity index (χ4v) is 6.99. The van der Waals surface area contributed by atoms with Gasteiger partial charge in [0.2, 0.25) is 5.91 Å². The van der Waals surface area contributed by atoms with Gasteiger partial charge in [-0.25, -0.2) is 0 Å². The SMILES string of the molecule is CC12CC3CC(C)(C1)CC(C(=O)NCC1CC(O)C1)(C3)C2. The lowest BCUT2D eigenvalue weighted by Gasteiger charge is -2.64. The van der Waals surface area contributed by atoms with Crippen LogP contribution in [0.2, 0.25) is 0 Å². The third kappa shape index (κ3) is 2.23. The van der Waals surface area contributed by atoms with Crippen LogP contribution in [0.5, 0.6) is 0 Å². The van der Waals surface area contributed by atoms with Crippen LogP contribution in [0.15, 0.2) is 0 Å². The molecule has 2 atom stereocenters. The first kappa shape index (κ1) is 14.0. The molecule has 5 aliphatic rings. The molecule has 0 aliphatic heterocycles. The van der Waals surface area contributed by atoms with Crippen LogP contribution in [0.1, 0.15) is 65.2 Å². The lowest BCUT2D eigenvalue weighted by Crippen LogP contribution is -2.60. The zero-order valence-electron chi connectivity index (χ0n) is 13.5. The summed E-state index contributed by atoms with van der Waals surface area (Å²) in [6.45, 7) is 5.61. The number of hydrogen-bond donors (Lipinski definition) is 2. The Kier molecular flexibility index (Phi) is 2.84. The van der Waals surface area contributed by atoms with Crippen LogP contribution in [-0.2, 0) is 4.79 Å². The molecule has 0 saturated heterocycles. The topological polar surface area (TPSA) is 49.3 Å². The fourth-order valence-electron chi connectivity index (χ4n) is 6.99. The summed E-state index contributed by atoms with van der Waals surface area (Å²) < 4.78 is 0. The van der Waals surface area contributed by atoms with Crippen molar-refractivity contribution in [3.8, 4) is 0 Å². The van der Waals surface area contributed by atoms with Crippen LogP contribution in [0.25, 0.3) is 0 Å². The van der Waals surface area contributed by atoms with Crippen molar-refractivity contribution in [2.45, 2.75) is 71.3 Å². The van der Waals surface area contributed by atoms with Gasteiger partial charge >= 0.3 is 0 Å². The minimum Gasteiger partial charge on any atom is -0.393 e. The van der Waals surface area contributed by atoms with Crippen molar-refractivity contribution in [2.24, 2.45) is 28.1 Å². The van der Waals surface area contributed by atoms with E-state index in [1.54, 1.807) is 0 Å². The van der Waals surface area contributed by atoms with Gasteiger partial charge in [-0.1, -0.05) is 13.8 Å². The molecule has 0 aromatic carbocycles. The maximum Gasteiger partial charge on any atom is 0.226 e. The van der Waals surface area contributed by atoms with Crippen LogP contribution in [0, 0.1) is 28.1 Å². The van der Waals surface area contributed by atoms with E-state index in [4.69, 9.17) is 0 Å². The minimum atomic E-state index is -0.121. The normalized spacial score (nSPS) is 54.3. The summed E-state index contributed by atoms with van der Waals surface area (Å²) in [5, 5.41) is 12.6. The first-order chi connectivity index (χ1) is 9.80. The number of aliphatic hydroxyl groups is 1. The van der Waals surface area contributed by atoms with E-state index in [0.717, 1.165) is 44.6 Å². The second-order valence-electron chi connectivity index (χ2n) is 9.61. The summed E-state index contributed by atoms with van der Waals surface area (Å²) in [7, 11) is 0. The molecule has 3 nitrogen and oxygen atoms in total. The second-order valence-corrected chi connectivity index (χ2v) is 9.61. The monoisotopic (exact) mass is 291 g/mol. The molecule has 5 aliphatic carbocycles. The summed E-state index contributed by atoms with van der Waals surface area (Å²) in [4.78, 5) is 12.9. The van der Waals surface area contributed by atoms with E-state index in [2.05, 4.69) is 19.2 Å². The number of aliphatic hydroxyl groups excluding tert-OH is 1. The van der Waals surface area contributed by atoms with Gasteiger partial charge in [0, 0.05) is 6.54 Å². The maximum absolute atomic E-state index is 12.9. The van der Waals surface area contributed by atoms with Crippen molar-refractivity contribution < 1.29 is 9.90 Å². The number of carbonyl (C=O) groups is 1. The van der Waals surface area contributed by atoms with Crippen LogP contribution in [-0.4, -0.2) is 23.7 Å². The van der Waals surface area contributed by atoms with E-state index in [9.17, 15) is 9.90 Å². The standard InChI is InChI=1S/C18H29NO2/c1-16-5-13-6-17(2,9-16)11-18(7-13,10-16)15(21)19-8-12-3-14(20)4-12/h12-14,20H,3-11H2,1-2H3,(H,19,21). The van der Waals surface area contributed by atoms with Gasteiger partial charge in [0.25, 0.3) is 0 Å². The third-order valence-electron chi connectivity index (χ3n) is 6.87. The summed E-state index contributed by atoms with van der Waals surface area (Å²) in [5.41, 5.74) is 0.724. The maximum atomic E-state index is 12.9. The lowest BCUT2D eigenvalue weighted by molar-refractivity contribution is -0.170. The Bertz CT molecular complexity index is 450. The van der Waals surface area contributed by atoms with Crippen LogP contribution in [0.4, 0.5) is 0 Å². The molecule has 2 unspecified atom stereocenters. The first-order valence-electron chi connectivity index (χ1n) is 8.76. The Balaban J connectivity index is 1.47. The van der Waals surface area contributed by atoms with Crippen molar-refractivity contribution >= 4 is 5.91 Å². The molecule has 0 radical (unpaired) electrons. The molecular weight excluding hydrogens is 262 g/mol. The molecular formula is C18H29NO2. The highest BCUT2D eigenvalue weighted by Gasteiger charge is 2.62. The summed E-state index contributed by atoms with van der Waals surface area (Å²) in [5.74, 6) is 1.60. The molecule has 5 rings (SSSR count). The Morgan fingerprint density at radius 2 is 1.71 bits per heavy atom. The van der Waals surface area contributed by atoms with Crippen LogP contribution in [0.3, 0.4) is 0 Å². The number of carbonyl (C=O) groups excluding carboxylic acids is 1. The van der Waals surface area contributed by atoms with E-state index in [-0.39, 0.29) is 11.5 Å². The molecule has 5 fully saturated rings.